The minimum Gasteiger partial charge on any atom is -0.311 e. The summed E-state index contributed by atoms with van der Waals surface area (Å²) in [5, 5.41) is 0. The van der Waals surface area contributed by atoms with E-state index in [-0.39, 0.29) is 17.9 Å². The van der Waals surface area contributed by atoms with Crippen molar-refractivity contribution in [2.45, 2.75) is 47.6 Å². The molecule has 1 N–H and O–H groups in total. The van der Waals surface area contributed by atoms with E-state index >= 15 is 0 Å². The third kappa shape index (κ3) is 5.00. The second kappa shape index (κ2) is 9.34. The molecular weight excluding hydrogens is 372 g/mol. The number of para-hydroxylation sites is 1. The average Bonchev–Trinajstić information content (AvgIpc) is 2.59. The van der Waals surface area contributed by atoms with Crippen LogP contribution in [0.15, 0.2) is 42.5 Å². The number of rotatable bonds is 7. The molecule has 2 unspecified atom stereocenters. The zero-order valence-electron chi connectivity index (χ0n) is 17.5. The predicted octanol–water partition coefficient (Wildman–Crippen LogP) is 4.63. The predicted molar refractivity (Wildman–Crippen MR) is 117 cm³/mol. The van der Waals surface area contributed by atoms with Crippen molar-refractivity contribution in [2.24, 2.45) is 5.92 Å². The zero-order valence-corrected chi connectivity index (χ0v) is 18.3. The number of carbonyl (C=O) groups is 1. The lowest BCUT2D eigenvalue weighted by atomic mass is 9.99. The van der Waals surface area contributed by atoms with Gasteiger partial charge in [0.2, 0.25) is 5.91 Å². The van der Waals surface area contributed by atoms with E-state index in [9.17, 15) is 13.6 Å². The van der Waals surface area contributed by atoms with Crippen molar-refractivity contribution in [2.75, 3.05) is 15.7 Å². The van der Waals surface area contributed by atoms with Gasteiger partial charge in [0.15, 0.2) is 0 Å². The first-order valence-corrected chi connectivity index (χ1v) is 10.5. The van der Waals surface area contributed by atoms with Crippen LogP contribution in [0.25, 0.3) is 0 Å². The van der Waals surface area contributed by atoms with E-state index in [2.05, 4.69) is 0 Å². The van der Waals surface area contributed by atoms with Crippen LogP contribution in [0.2, 0.25) is 0 Å². The standard InChI is InChI=1S/C22H30N2O3S/c1-15(2)21(14-23(19(6)25)20-10-8-7-9-11-20)24(28(26)27)22-17(4)12-16(3)13-18(22)5/h7-13,15,21H,14H2,1-6H3,(H,26,27). The SMILES string of the molecule is CC(=O)N(CC(C(C)C)N(c1c(C)cc(C)cc1C)S(=O)O)c1ccccc1. The lowest BCUT2D eigenvalue weighted by molar-refractivity contribution is -0.116. The summed E-state index contributed by atoms with van der Waals surface area (Å²) in [6.45, 7) is 11.8. The Kier molecular flexibility index (Phi) is 7.38. The fourth-order valence-electron chi connectivity index (χ4n) is 3.65. The number of anilines is 2. The summed E-state index contributed by atoms with van der Waals surface area (Å²) in [5.41, 5.74) is 4.53. The molecule has 0 aliphatic carbocycles. The summed E-state index contributed by atoms with van der Waals surface area (Å²) in [7, 11) is 0. The molecule has 0 bridgehead atoms. The van der Waals surface area contributed by atoms with E-state index in [1.165, 1.54) is 6.92 Å². The zero-order chi connectivity index (χ0) is 21.0. The molecule has 0 radical (unpaired) electrons. The Balaban J connectivity index is 2.52. The van der Waals surface area contributed by atoms with Gasteiger partial charge in [-0.25, -0.2) is 4.21 Å². The van der Waals surface area contributed by atoms with E-state index < -0.39 is 11.3 Å². The van der Waals surface area contributed by atoms with E-state index in [0.29, 0.717) is 6.54 Å². The molecule has 0 aliphatic rings. The van der Waals surface area contributed by atoms with Crippen LogP contribution in [0.1, 0.15) is 37.5 Å². The molecule has 0 spiro atoms. The van der Waals surface area contributed by atoms with Crippen LogP contribution in [-0.2, 0) is 16.1 Å². The van der Waals surface area contributed by atoms with Gasteiger partial charge in [0.25, 0.3) is 11.3 Å². The third-order valence-corrected chi connectivity index (χ3v) is 5.70. The van der Waals surface area contributed by atoms with E-state index in [0.717, 1.165) is 28.1 Å². The molecule has 0 heterocycles. The molecule has 2 atom stereocenters. The van der Waals surface area contributed by atoms with Gasteiger partial charge in [-0.15, -0.1) is 0 Å². The minimum absolute atomic E-state index is 0.0433. The fraction of sp³-hybridized carbons (Fsp3) is 0.409. The van der Waals surface area contributed by atoms with Crippen molar-refractivity contribution in [1.82, 2.24) is 0 Å². The van der Waals surface area contributed by atoms with Gasteiger partial charge in [0.1, 0.15) is 0 Å². The largest absolute Gasteiger partial charge is 0.311 e. The van der Waals surface area contributed by atoms with Crippen LogP contribution in [0.4, 0.5) is 11.4 Å². The Hall–Kier alpha value is -2.18. The van der Waals surface area contributed by atoms with E-state index in [4.69, 9.17) is 0 Å². The minimum atomic E-state index is -2.22. The summed E-state index contributed by atoms with van der Waals surface area (Å²) in [4.78, 5) is 14.0. The summed E-state index contributed by atoms with van der Waals surface area (Å²) < 4.78 is 24.2. The van der Waals surface area contributed by atoms with Crippen LogP contribution < -0.4 is 9.21 Å². The Morgan fingerprint density at radius 2 is 1.61 bits per heavy atom. The quantitative estimate of drug-likeness (QED) is 0.687. The maximum Gasteiger partial charge on any atom is 0.262 e. The number of benzene rings is 2. The first kappa shape index (κ1) is 22.1. The number of hydrogen-bond donors (Lipinski definition) is 1. The molecule has 152 valence electrons. The average molecular weight is 403 g/mol. The van der Waals surface area contributed by atoms with E-state index in [1.807, 2.05) is 77.1 Å². The highest BCUT2D eigenvalue weighted by Gasteiger charge is 2.31. The number of carbonyl (C=O) groups excluding carboxylic acids is 1. The molecule has 28 heavy (non-hydrogen) atoms. The van der Waals surface area contributed by atoms with Crippen LogP contribution in [0.5, 0.6) is 0 Å². The molecule has 1 amide bonds. The second-order valence-corrected chi connectivity index (χ2v) is 8.44. The molecule has 0 aromatic heterocycles. The molecule has 0 saturated carbocycles. The van der Waals surface area contributed by atoms with Gasteiger partial charge in [0, 0.05) is 19.2 Å². The van der Waals surface area contributed by atoms with E-state index in [1.54, 1.807) is 9.21 Å². The van der Waals surface area contributed by atoms with Crippen molar-refractivity contribution in [3.05, 3.63) is 59.2 Å². The fourth-order valence-corrected chi connectivity index (χ4v) is 4.63. The van der Waals surface area contributed by atoms with Gasteiger partial charge >= 0.3 is 0 Å². The monoisotopic (exact) mass is 402 g/mol. The molecule has 0 fully saturated rings. The number of hydrogen-bond acceptors (Lipinski definition) is 2. The first-order valence-electron chi connectivity index (χ1n) is 9.44. The normalized spacial score (nSPS) is 13.3. The summed E-state index contributed by atoms with van der Waals surface area (Å²) in [6, 6.07) is 13.1. The highest BCUT2D eigenvalue weighted by Crippen LogP contribution is 2.32. The van der Waals surface area contributed by atoms with Crippen molar-refractivity contribution < 1.29 is 13.6 Å². The van der Waals surface area contributed by atoms with Gasteiger partial charge in [-0.3, -0.25) is 13.7 Å². The highest BCUT2D eigenvalue weighted by atomic mass is 32.2. The van der Waals surface area contributed by atoms with Crippen LogP contribution in [-0.4, -0.2) is 27.3 Å². The maximum atomic E-state index is 12.5. The smallest absolute Gasteiger partial charge is 0.262 e. The number of aryl methyl sites for hydroxylation is 3. The van der Waals surface area contributed by atoms with Crippen LogP contribution in [0, 0.1) is 26.7 Å². The van der Waals surface area contributed by atoms with Gasteiger partial charge in [-0.05, 0) is 49.9 Å². The molecule has 5 nitrogen and oxygen atoms in total. The third-order valence-electron chi connectivity index (χ3n) is 4.91. The Morgan fingerprint density at radius 3 is 2.04 bits per heavy atom. The summed E-state index contributed by atoms with van der Waals surface area (Å²) in [6.07, 6.45) is 0. The van der Waals surface area contributed by atoms with Gasteiger partial charge in [-0.2, -0.15) is 0 Å². The lowest BCUT2D eigenvalue weighted by Gasteiger charge is -2.37. The Bertz CT molecular complexity index is 829. The topological polar surface area (TPSA) is 60.9 Å². The molecule has 2 aromatic rings. The van der Waals surface area contributed by atoms with Crippen molar-refractivity contribution in [1.29, 1.82) is 0 Å². The molecule has 0 aliphatic heterocycles. The van der Waals surface area contributed by atoms with Crippen molar-refractivity contribution >= 4 is 28.5 Å². The second-order valence-electron chi connectivity index (χ2n) is 7.58. The summed E-state index contributed by atoms with van der Waals surface area (Å²) in [5.74, 6) is -0.0559. The molecule has 2 rings (SSSR count). The van der Waals surface area contributed by atoms with Crippen LogP contribution >= 0.6 is 0 Å². The molecule has 2 aromatic carbocycles. The summed E-state index contributed by atoms with van der Waals surface area (Å²) >= 11 is -2.22. The molecular formula is C22H30N2O3S. The first-order chi connectivity index (χ1) is 13.1. The number of amides is 1. The molecule has 6 heteroatoms. The van der Waals surface area contributed by atoms with Crippen LogP contribution in [0.3, 0.4) is 0 Å². The van der Waals surface area contributed by atoms with Gasteiger partial charge < -0.3 is 4.90 Å². The van der Waals surface area contributed by atoms with Gasteiger partial charge in [-0.1, -0.05) is 49.7 Å². The lowest BCUT2D eigenvalue weighted by Crippen LogP contribution is -2.49. The Morgan fingerprint density at radius 1 is 1.07 bits per heavy atom. The maximum absolute atomic E-state index is 12.5. The Labute approximate surface area is 170 Å². The molecule has 0 saturated heterocycles. The van der Waals surface area contributed by atoms with Gasteiger partial charge in [0.05, 0.1) is 11.7 Å². The van der Waals surface area contributed by atoms with Crippen molar-refractivity contribution in [3.8, 4) is 0 Å². The highest BCUT2D eigenvalue weighted by molar-refractivity contribution is 7.80. The van der Waals surface area contributed by atoms with Crippen molar-refractivity contribution in [3.63, 3.8) is 0 Å². The number of nitrogens with zero attached hydrogens (tertiary/aromatic N) is 2.